The highest BCUT2D eigenvalue weighted by Gasteiger charge is 1.98. The predicted octanol–water partition coefficient (Wildman–Crippen LogP) is 3.08. The molecular weight excluding hydrogens is 254 g/mol. The first-order valence-corrected chi connectivity index (χ1v) is 5.78. The van der Waals surface area contributed by atoms with E-state index in [9.17, 15) is 0 Å². The van der Waals surface area contributed by atoms with Gasteiger partial charge in [0.2, 0.25) is 0 Å². The van der Waals surface area contributed by atoms with Gasteiger partial charge in [-0.1, -0.05) is 25.1 Å². The lowest BCUT2D eigenvalue weighted by atomic mass is 10.2. The van der Waals surface area contributed by atoms with Crippen molar-refractivity contribution in [1.29, 1.82) is 0 Å². The molecule has 0 fully saturated rings. The highest BCUT2D eigenvalue weighted by atomic mass is 79.9. The summed E-state index contributed by atoms with van der Waals surface area (Å²) in [5.41, 5.74) is 1.17. The van der Waals surface area contributed by atoms with Gasteiger partial charge in [-0.15, -0.1) is 0 Å². The Hall–Kier alpha value is -0.800. The maximum absolute atomic E-state index is 5.16. The molecule has 0 spiro atoms. The molecule has 0 aliphatic heterocycles. The van der Waals surface area contributed by atoms with Crippen molar-refractivity contribution in [1.82, 2.24) is 5.32 Å². The Bertz CT molecular complexity index is 336. The summed E-state index contributed by atoms with van der Waals surface area (Å²) in [7, 11) is 1.67. The van der Waals surface area contributed by atoms with Gasteiger partial charge < -0.3 is 10.1 Å². The van der Waals surface area contributed by atoms with Crippen molar-refractivity contribution in [3.63, 3.8) is 0 Å². The van der Waals surface area contributed by atoms with E-state index in [2.05, 4.69) is 40.3 Å². The largest absolute Gasteiger partial charge is 0.496 e. The molecule has 1 N–H and O–H groups in total. The number of hydrogen-bond acceptors (Lipinski definition) is 2. The second kappa shape index (κ2) is 6.64. The second-order valence-corrected chi connectivity index (χ2v) is 3.96. The van der Waals surface area contributed by atoms with Crippen LogP contribution in [0.2, 0.25) is 0 Å². The van der Waals surface area contributed by atoms with Gasteiger partial charge in [0.1, 0.15) is 5.75 Å². The van der Waals surface area contributed by atoms with Gasteiger partial charge in [-0.2, -0.15) is 0 Å². The molecule has 2 nitrogen and oxygen atoms in total. The molecule has 3 heteroatoms. The SMILES string of the molecule is CCNCC=Cc1ccc(OC)c(Br)c1. The normalized spacial score (nSPS) is 10.9. The average Bonchev–Trinajstić information content (AvgIpc) is 2.25. The van der Waals surface area contributed by atoms with Crippen molar-refractivity contribution in [2.75, 3.05) is 20.2 Å². The molecule has 0 atom stereocenters. The maximum Gasteiger partial charge on any atom is 0.133 e. The van der Waals surface area contributed by atoms with Gasteiger partial charge in [0.05, 0.1) is 11.6 Å². The fraction of sp³-hybridized carbons (Fsp3) is 0.333. The summed E-state index contributed by atoms with van der Waals surface area (Å²) in [4.78, 5) is 0. The zero-order valence-electron chi connectivity index (χ0n) is 9.09. The minimum Gasteiger partial charge on any atom is -0.496 e. The van der Waals surface area contributed by atoms with E-state index in [1.54, 1.807) is 7.11 Å². The first-order valence-electron chi connectivity index (χ1n) is 4.98. The number of nitrogens with one attached hydrogen (secondary N) is 1. The summed E-state index contributed by atoms with van der Waals surface area (Å²) >= 11 is 3.46. The molecule has 0 aliphatic carbocycles. The molecular formula is C12H16BrNO. The van der Waals surface area contributed by atoms with Crippen LogP contribution >= 0.6 is 15.9 Å². The number of ether oxygens (including phenoxy) is 1. The molecule has 0 unspecified atom stereocenters. The lowest BCUT2D eigenvalue weighted by molar-refractivity contribution is 0.412. The minimum absolute atomic E-state index is 0.860. The van der Waals surface area contributed by atoms with E-state index in [1.807, 2.05) is 18.2 Å². The molecule has 0 heterocycles. The number of halogens is 1. The Morgan fingerprint density at radius 1 is 1.47 bits per heavy atom. The third-order valence-electron chi connectivity index (χ3n) is 2.00. The lowest BCUT2D eigenvalue weighted by Crippen LogP contribution is -2.11. The zero-order chi connectivity index (χ0) is 11.1. The van der Waals surface area contributed by atoms with Crippen LogP contribution in [0.25, 0.3) is 6.08 Å². The first kappa shape index (κ1) is 12.3. The first-order chi connectivity index (χ1) is 7.27. The molecule has 0 radical (unpaired) electrons. The van der Waals surface area contributed by atoms with Crippen LogP contribution in [-0.4, -0.2) is 20.2 Å². The van der Waals surface area contributed by atoms with Crippen molar-refractivity contribution >= 4 is 22.0 Å². The predicted molar refractivity (Wildman–Crippen MR) is 68.3 cm³/mol. The molecule has 0 aromatic heterocycles. The van der Waals surface area contributed by atoms with Crippen LogP contribution in [0.3, 0.4) is 0 Å². The van der Waals surface area contributed by atoms with E-state index in [1.165, 1.54) is 5.56 Å². The Morgan fingerprint density at radius 2 is 2.27 bits per heavy atom. The van der Waals surface area contributed by atoms with E-state index in [0.717, 1.165) is 23.3 Å². The van der Waals surface area contributed by atoms with Crippen LogP contribution in [0.4, 0.5) is 0 Å². The highest BCUT2D eigenvalue weighted by Crippen LogP contribution is 2.25. The van der Waals surface area contributed by atoms with Crippen molar-refractivity contribution < 1.29 is 4.74 Å². The van der Waals surface area contributed by atoms with E-state index in [0.29, 0.717) is 0 Å². The minimum atomic E-state index is 0.860. The number of rotatable bonds is 5. The Kier molecular flexibility index (Phi) is 5.43. The van der Waals surface area contributed by atoms with E-state index in [4.69, 9.17) is 4.74 Å². The molecule has 0 amide bonds. The molecule has 1 aromatic rings. The molecule has 0 saturated heterocycles. The lowest BCUT2D eigenvalue weighted by Gasteiger charge is -2.03. The number of hydrogen-bond donors (Lipinski definition) is 1. The zero-order valence-corrected chi connectivity index (χ0v) is 10.7. The summed E-state index contributed by atoms with van der Waals surface area (Å²) in [6.07, 6.45) is 4.20. The monoisotopic (exact) mass is 269 g/mol. The number of likely N-dealkylation sites (N-methyl/N-ethyl adjacent to an activating group) is 1. The Labute approximate surface area is 99.5 Å². The molecule has 82 valence electrons. The summed E-state index contributed by atoms with van der Waals surface area (Å²) in [5, 5.41) is 3.23. The number of methoxy groups -OCH3 is 1. The third-order valence-corrected chi connectivity index (χ3v) is 2.62. The summed E-state index contributed by atoms with van der Waals surface area (Å²) < 4.78 is 6.14. The molecule has 1 rings (SSSR count). The van der Waals surface area contributed by atoms with Crippen LogP contribution in [0.15, 0.2) is 28.7 Å². The molecule has 0 aliphatic rings. The summed E-state index contributed by atoms with van der Waals surface area (Å²) in [5.74, 6) is 0.860. The van der Waals surface area contributed by atoms with Crippen LogP contribution < -0.4 is 10.1 Å². The van der Waals surface area contributed by atoms with E-state index in [-0.39, 0.29) is 0 Å². The molecule has 15 heavy (non-hydrogen) atoms. The van der Waals surface area contributed by atoms with Crippen LogP contribution in [-0.2, 0) is 0 Å². The van der Waals surface area contributed by atoms with Gasteiger partial charge in [0, 0.05) is 6.54 Å². The maximum atomic E-state index is 5.16. The third kappa shape index (κ3) is 4.06. The van der Waals surface area contributed by atoms with Gasteiger partial charge in [-0.25, -0.2) is 0 Å². The van der Waals surface area contributed by atoms with E-state index >= 15 is 0 Å². The van der Waals surface area contributed by atoms with Crippen molar-refractivity contribution in [3.05, 3.63) is 34.3 Å². The topological polar surface area (TPSA) is 21.3 Å². The average molecular weight is 270 g/mol. The van der Waals surface area contributed by atoms with Crippen molar-refractivity contribution in [2.45, 2.75) is 6.92 Å². The van der Waals surface area contributed by atoms with Crippen LogP contribution in [0.5, 0.6) is 5.75 Å². The second-order valence-electron chi connectivity index (χ2n) is 3.10. The Morgan fingerprint density at radius 3 is 2.87 bits per heavy atom. The fourth-order valence-electron chi connectivity index (χ4n) is 1.21. The smallest absolute Gasteiger partial charge is 0.133 e. The van der Waals surface area contributed by atoms with Crippen molar-refractivity contribution in [3.8, 4) is 5.75 Å². The van der Waals surface area contributed by atoms with Crippen molar-refractivity contribution in [2.24, 2.45) is 0 Å². The molecule has 1 aromatic carbocycles. The van der Waals surface area contributed by atoms with Gasteiger partial charge in [-0.05, 0) is 40.2 Å². The number of benzene rings is 1. The standard InChI is InChI=1S/C12H16BrNO/c1-3-14-8-4-5-10-6-7-12(15-2)11(13)9-10/h4-7,9,14H,3,8H2,1-2H3. The van der Waals surface area contributed by atoms with Crippen LogP contribution in [0, 0.1) is 0 Å². The van der Waals surface area contributed by atoms with Gasteiger partial charge >= 0.3 is 0 Å². The summed E-state index contributed by atoms with van der Waals surface area (Å²) in [6, 6.07) is 6.03. The Balaban J connectivity index is 2.63. The quantitative estimate of drug-likeness (QED) is 0.830. The van der Waals surface area contributed by atoms with Gasteiger partial charge in [0.25, 0.3) is 0 Å². The fourth-order valence-corrected chi connectivity index (χ4v) is 1.77. The highest BCUT2D eigenvalue weighted by molar-refractivity contribution is 9.10. The summed E-state index contributed by atoms with van der Waals surface area (Å²) in [6.45, 7) is 3.99. The van der Waals surface area contributed by atoms with E-state index < -0.39 is 0 Å². The van der Waals surface area contributed by atoms with Gasteiger partial charge in [0.15, 0.2) is 0 Å². The van der Waals surface area contributed by atoms with Crippen LogP contribution in [0.1, 0.15) is 12.5 Å². The van der Waals surface area contributed by atoms with Gasteiger partial charge in [-0.3, -0.25) is 0 Å². The molecule has 0 bridgehead atoms. The molecule has 0 saturated carbocycles.